The summed E-state index contributed by atoms with van der Waals surface area (Å²) in [7, 11) is 0. The Morgan fingerprint density at radius 3 is 2.39 bits per heavy atom. The molecule has 0 fully saturated rings. The van der Waals surface area contributed by atoms with E-state index in [0.29, 0.717) is 28.3 Å². The normalized spacial score (nSPS) is 11.9. The SMILES string of the molecule is Cc1ccc(C)c(OCC(=O)N(Cc2ccc(Cl)c(Cl)c2)C(C)C(=O)NCC(C)C)c1. The zero-order valence-electron chi connectivity index (χ0n) is 18.7. The molecule has 5 nitrogen and oxygen atoms in total. The predicted molar refractivity (Wildman–Crippen MR) is 126 cm³/mol. The van der Waals surface area contributed by atoms with Crippen LogP contribution in [0.2, 0.25) is 10.0 Å². The number of halogens is 2. The number of ether oxygens (including phenoxy) is 1. The summed E-state index contributed by atoms with van der Waals surface area (Å²) in [6.07, 6.45) is 0. The topological polar surface area (TPSA) is 58.6 Å². The highest BCUT2D eigenvalue weighted by atomic mass is 35.5. The van der Waals surface area contributed by atoms with Gasteiger partial charge in [-0.2, -0.15) is 0 Å². The Labute approximate surface area is 194 Å². The van der Waals surface area contributed by atoms with Crippen molar-refractivity contribution >= 4 is 35.0 Å². The molecule has 0 aliphatic carbocycles. The Bertz CT molecular complexity index is 931. The van der Waals surface area contributed by atoms with E-state index in [1.54, 1.807) is 25.1 Å². The maximum absolute atomic E-state index is 13.1. The zero-order chi connectivity index (χ0) is 23.1. The van der Waals surface area contributed by atoms with Gasteiger partial charge < -0.3 is 15.0 Å². The predicted octanol–water partition coefficient (Wildman–Crippen LogP) is 5.18. The molecule has 31 heavy (non-hydrogen) atoms. The van der Waals surface area contributed by atoms with Gasteiger partial charge in [0.05, 0.1) is 10.0 Å². The number of amides is 2. The third kappa shape index (κ3) is 7.44. The fourth-order valence-corrected chi connectivity index (χ4v) is 3.28. The first kappa shape index (κ1) is 25.0. The second kappa shape index (κ2) is 11.4. The van der Waals surface area contributed by atoms with E-state index in [1.807, 2.05) is 45.9 Å². The van der Waals surface area contributed by atoms with E-state index in [0.717, 1.165) is 16.7 Å². The van der Waals surface area contributed by atoms with E-state index >= 15 is 0 Å². The van der Waals surface area contributed by atoms with Gasteiger partial charge in [0.2, 0.25) is 5.91 Å². The summed E-state index contributed by atoms with van der Waals surface area (Å²) in [5, 5.41) is 3.73. The summed E-state index contributed by atoms with van der Waals surface area (Å²) < 4.78 is 5.80. The molecule has 0 heterocycles. The first-order valence-electron chi connectivity index (χ1n) is 10.3. The molecule has 0 aromatic heterocycles. The van der Waals surface area contributed by atoms with E-state index in [-0.39, 0.29) is 25.0 Å². The Morgan fingerprint density at radius 1 is 1.03 bits per heavy atom. The van der Waals surface area contributed by atoms with E-state index in [1.165, 1.54) is 4.90 Å². The minimum absolute atomic E-state index is 0.173. The Hall–Kier alpha value is -2.24. The first-order valence-corrected chi connectivity index (χ1v) is 11.0. The summed E-state index contributed by atoms with van der Waals surface area (Å²) >= 11 is 12.1. The lowest BCUT2D eigenvalue weighted by atomic mass is 10.1. The van der Waals surface area contributed by atoms with E-state index < -0.39 is 6.04 Å². The number of hydrogen-bond donors (Lipinski definition) is 1. The van der Waals surface area contributed by atoms with Crippen LogP contribution in [0.4, 0.5) is 0 Å². The number of rotatable bonds is 9. The molecule has 0 saturated heterocycles. The molecule has 0 bridgehead atoms. The minimum Gasteiger partial charge on any atom is -0.483 e. The Kier molecular flexibility index (Phi) is 9.20. The van der Waals surface area contributed by atoms with Crippen LogP contribution in [-0.4, -0.2) is 35.9 Å². The van der Waals surface area contributed by atoms with Crippen molar-refractivity contribution in [1.82, 2.24) is 10.2 Å². The average molecular weight is 465 g/mol. The molecule has 0 radical (unpaired) electrons. The molecule has 7 heteroatoms. The molecule has 168 valence electrons. The van der Waals surface area contributed by atoms with Gasteiger partial charge in [0.1, 0.15) is 11.8 Å². The van der Waals surface area contributed by atoms with Crippen LogP contribution in [0.15, 0.2) is 36.4 Å². The molecule has 1 atom stereocenters. The molecule has 2 rings (SSSR count). The van der Waals surface area contributed by atoms with Gasteiger partial charge in [-0.15, -0.1) is 0 Å². The molecule has 1 unspecified atom stereocenters. The van der Waals surface area contributed by atoms with Crippen LogP contribution in [0.5, 0.6) is 5.75 Å². The lowest BCUT2D eigenvalue weighted by molar-refractivity contribution is -0.142. The third-order valence-corrected chi connectivity index (χ3v) is 5.62. The van der Waals surface area contributed by atoms with Gasteiger partial charge in [-0.25, -0.2) is 0 Å². The Morgan fingerprint density at radius 2 is 1.74 bits per heavy atom. The van der Waals surface area contributed by atoms with Crippen LogP contribution in [0.1, 0.15) is 37.5 Å². The standard InChI is InChI=1S/C24H30Cl2N2O3/c1-15(2)12-27-24(30)18(5)28(13-19-8-9-20(25)21(26)11-19)23(29)14-31-22-10-16(3)6-7-17(22)4/h6-11,15,18H,12-14H2,1-5H3,(H,27,30). The van der Waals surface area contributed by atoms with Crippen LogP contribution >= 0.6 is 23.2 Å². The largest absolute Gasteiger partial charge is 0.483 e. The lowest BCUT2D eigenvalue weighted by Crippen LogP contribution is -2.49. The quantitative estimate of drug-likeness (QED) is 0.555. The summed E-state index contributed by atoms with van der Waals surface area (Å²) in [6, 6.07) is 10.3. The summed E-state index contributed by atoms with van der Waals surface area (Å²) in [5.41, 5.74) is 2.76. The second-order valence-corrected chi connectivity index (χ2v) is 8.96. The highest BCUT2D eigenvalue weighted by Gasteiger charge is 2.27. The van der Waals surface area contributed by atoms with Crippen molar-refractivity contribution in [2.75, 3.05) is 13.2 Å². The number of nitrogens with zero attached hydrogens (tertiary/aromatic N) is 1. The van der Waals surface area contributed by atoms with Gasteiger partial charge in [-0.3, -0.25) is 9.59 Å². The number of aryl methyl sites for hydroxylation is 2. The van der Waals surface area contributed by atoms with Gasteiger partial charge in [0.15, 0.2) is 6.61 Å². The number of carbonyl (C=O) groups is 2. The fraction of sp³-hybridized carbons (Fsp3) is 0.417. The minimum atomic E-state index is -0.678. The van der Waals surface area contributed by atoms with Gasteiger partial charge in [0, 0.05) is 13.1 Å². The van der Waals surface area contributed by atoms with Crippen molar-refractivity contribution in [3.63, 3.8) is 0 Å². The maximum Gasteiger partial charge on any atom is 0.261 e. The van der Waals surface area contributed by atoms with Crippen molar-refractivity contribution in [2.45, 2.75) is 47.2 Å². The highest BCUT2D eigenvalue weighted by Crippen LogP contribution is 2.24. The van der Waals surface area contributed by atoms with Crippen LogP contribution in [0.3, 0.4) is 0 Å². The van der Waals surface area contributed by atoms with Gasteiger partial charge in [-0.05, 0) is 61.6 Å². The second-order valence-electron chi connectivity index (χ2n) is 8.14. The lowest BCUT2D eigenvalue weighted by Gasteiger charge is -2.29. The summed E-state index contributed by atoms with van der Waals surface area (Å²) in [5.74, 6) is 0.454. The monoisotopic (exact) mass is 464 g/mol. The van der Waals surface area contributed by atoms with Crippen molar-refractivity contribution in [3.8, 4) is 5.75 Å². The third-order valence-electron chi connectivity index (χ3n) is 4.88. The van der Waals surface area contributed by atoms with Gasteiger partial charge in [-0.1, -0.05) is 55.2 Å². The van der Waals surface area contributed by atoms with E-state index in [9.17, 15) is 9.59 Å². The molecule has 2 aromatic carbocycles. The van der Waals surface area contributed by atoms with E-state index in [4.69, 9.17) is 27.9 Å². The first-order chi connectivity index (χ1) is 14.6. The number of nitrogens with one attached hydrogen (secondary N) is 1. The summed E-state index contributed by atoms with van der Waals surface area (Å²) in [4.78, 5) is 27.3. The molecule has 0 aliphatic rings. The van der Waals surface area contributed by atoms with Crippen LogP contribution < -0.4 is 10.1 Å². The van der Waals surface area contributed by atoms with Crippen molar-refractivity contribution in [2.24, 2.45) is 5.92 Å². The highest BCUT2D eigenvalue weighted by molar-refractivity contribution is 6.42. The Balaban J connectivity index is 2.20. The van der Waals surface area contributed by atoms with Crippen molar-refractivity contribution < 1.29 is 14.3 Å². The van der Waals surface area contributed by atoms with Gasteiger partial charge in [0.25, 0.3) is 5.91 Å². The number of benzene rings is 2. The average Bonchev–Trinajstić information content (AvgIpc) is 2.72. The molecule has 0 saturated carbocycles. The van der Waals surface area contributed by atoms with Crippen LogP contribution in [0, 0.1) is 19.8 Å². The molecule has 0 aliphatic heterocycles. The molecular weight excluding hydrogens is 435 g/mol. The van der Waals surface area contributed by atoms with Gasteiger partial charge >= 0.3 is 0 Å². The van der Waals surface area contributed by atoms with Crippen molar-refractivity contribution in [3.05, 3.63) is 63.1 Å². The van der Waals surface area contributed by atoms with Crippen LogP contribution in [-0.2, 0) is 16.1 Å². The molecule has 1 N–H and O–H groups in total. The molecule has 0 spiro atoms. The zero-order valence-corrected chi connectivity index (χ0v) is 20.2. The molecule has 2 aromatic rings. The molecular formula is C24H30Cl2N2O3. The number of carbonyl (C=O) groups excluding carboxylic acids is 2. The van der Waals surface area contributed by atoms with Crippen LogP contribution in [0.25, 0.3) is 0 Å². The number of hydrogen-bond acceptors (Lipinski definition) is 3. The molecule has 2 amide bonds. The van der Waals surface area contributed by atoms with Crippen molar-refractivity contribution in [1.29, 1.82) is 0 Å². The smallest absolute Gasteiger partial charge is 0.261 e. The van der Waals surface area contributed by atoms with E-state index in [2.05, 4.69) is 5.32 Å². The summed E-state index contributed by atoms with van der Waals surface area (Å²) in [6.45, 7) is 10.2. The fourth-order valence-electron chi connectivity index (χ4n) is 2.95. The maximum atomic E-state index is 13.1.